The Morgan fingerprint density at radius 3 is 1.66 bits per heavy atom. The van der Waals surface area contributed by atoms with Crippen molar-refractivity contribution in [3.8, 4) is 27.9 Å². The number of rotatable bonds is 6. The lowest BCUT2D eigenvalue weighted by Gasteiger charge is -2.26. The van der Waals surface area contributed by atoms with Crippen LogP contribution >= 0.6 is 0 Å². The molecule has 0 aliphatic heterocycles. The summed E-state index contributed by atoms with van der Waals surface area (Å²) >= 11 is 0. The Hall–Kier alpha value is -7.42. The second-order valence-corrected chi connectivity index (χ2v) is 14.6. The zero-order valence-electron chi connectivity index (χ0n) is 30.7. The van der Waals surface area contributed by atoms with Gasteiger partial charge in [0, 0.05) is 33.5 Å². The summed E-state index contributed by atoms with van der Waals surface area (Å²) in [6.45, 7) is 0. The van der Waals surface area contributed by atoms with Crippen LogP contribution in [0.3, 0.4) is 0 Å². The summed E-state index contributed by atoms with van der Waals surface area (Å²) in [5.74, 6) is 0. The standard InChI is InChI=1S/C54H36N2/c1-2-14-44(15-3-1)55(46-31-26-41(27-32-46)49-19-10-13-39-11-4-6-16-48(39)49)45-29-23-37(24-30-45)42-22-21-38-25-33-47(36-43(38)35-42)56-52-20-9-8-18-51(52)54-50-17-7-5-12-40(50)28-34-53(54)56/h1-36H. The van der Waals surface area contributed by atoms with Crippen molar-refractivity contribution in [3.63, 3.8) is 0 Å². The van der Waals surface area contributed by atoms with E-state index in [-0.39, 0.29) is 0 Å². The lowest BCUT2D eigenvalue weighted by molar-refractivity contribution is 1.19. The predicted octanol–water partition coefficient (Wildman–Crippen LogP) is 15.0. The molecule has 262 valence electrons. The van der Waals surface area contributed by atoms with E-state index in [1.165, 1.54) is 76.4 Å². The highest BCUT2D eigenvalue weighted by molar-refractivity contribution is 6.21. The molecule has 0 aliphatic carbocycles. The highest BCUT2D eigenvalue weighted by atomic mass is 15.1. The fraction of sp³-hybridized carbons (Fsp3) is 0. The van der Waals surface area contributed by atoms with Gasteiger partial charge in [-0.25, -0.2) is 0 Å². The van der Waals surface area contributed by atoms with E-state index in [1.807, 2.05) is 0 Å². The van der Waals surface area contributed by atoms with Crippen molar-refractivity contribution >= 4 is 71.2 Å². The van der Waals surface area contributed by atoms with E-state index in [2.05, 4.69) is 228 Å². The molecule has 2 nitrogen and oxygen atoms in total. The van der Waals surface area contributed by atoms with Crippen molar-refractivity contribution in [3.05, 3.63) is 218 Å². The molecule has 10 aromatic carbocycles. The molecule has 11 aromatic rings. The molecular formula is C54H36N2. The Morgan fingerprint density at radius 1 is 0.304 bits per heavy atom. The minimum absolute atomic E-state index is 1.11. The molecule has 0 radical (unpaired) electrons. The van der Waals surface area contributed by atoms with Crippen molar-refractivity contribution in [2.75, 3.05) is 4.90 Å². The van der Waals surface area contributed by atoms with Gasteiger partial charge in [0.15, 0.2) is 0 Å². The average Bonchev–Trinajstić information content (AvgIpc) is 3.62. The van der Waals surface area contributed by atoms with Crippen molar-refractivity contribution in [1.29, 1.82) is 0 Å². The van der Waals surface area contributed by atoms with Gasteiger partial charge in [-0.2, -0.15) is 0 Å². The lowest BCUT2D eigenvalue weighted by Crippen LogP contribution is -2.09. The van der Waals surface area contributed by atoms with Crippen molar-refractivity contribution in [2.45, 2.75) is 0 Å². The molecule has 0 amide bonds. The molecule has 0 fully saturated rings. The number of fused-ring (bicyclic) bond motifs is 7. The molecule has 0 saturated heterocycles. The minimum atomic E-state index is 1.11. The van der Waals surface area contributed by atoms with E-state index in [4.69, 9.17) is 0 Å². The third-order valence-corrected chi connectivity index (χ3v) is 11.3. The summed E-state index contributed by atoms with van der Waals surface area (Å²) in [7, 11) is 0. The number of aromatic nitrogens is 1. The van der Waals surface area contributed by atoms with Crippen molar-refractivity contribution in [1.82, 2.24) is 4.57 Å². The molecule has 0 unspecified atom stereocenters. The largest absolute Gasteiger partial charge is 0.311 e. The maximum Gasteiger partial charge on any atom is 0.0547 e. The molecule has 0 atom stereocenters. The van der Waals surface area contributed by atoms with E-state index in [0.29, 0.717) is 0 Å². The third-order valence-electron chi connectivity index (χ3n) is 11.3. The fourth-order valence-electron chi connectivity index (χ4n) is 8.66. The molecule has 56 heavy (non-hydrogen) atoms. The molecule has 1 aromatic heterocycles. The normalized spacial score (nSPS) is 11.6. The zero-order chi connectivity index (χ0) is 37.0. The summed E-state index contributed by atoms with van der Waals surface area (Å²) in [6.07, 6.45) is 0. The number of hydrogen-bond donors (Lipinski definition) is 0. The van der Waals surface area contributed by atoms with E-state index >= 15 is 0 Å². The molecule has 0 aliphatic rings. The second-order valence-electron chi connectivity index (χ2n) is 14.6. The summed E-state index contributed by atoms with van der Waals surface area (Å²) in [5.41, 5.74) is 11.8. The molecule has 0 spiro atoms. The highest BCUT2D eigenvalue weighted by Gasteiger charge is 2.16. The summed E-state index contributed by atoms with van der Waals surface area (Å²) in [6, 6.07) is 79.4. The van der Waals surface area contributed by atoms with E-state index in [0.717, 1.165) is 22.7 Å². The number of nitrogens with zero attached hydrogens (tertiary/aromatic N) is 2. The van der Waals surface area contributed by atoms with Gasteiger partial charge in [0.1, 0.15) is 0 Å². The maximum absolute atomic E-state index is 2.42. The third kappa shape index (κ3) is 5.34. The Kier molecular flexibility index (Phi) is 7.53. The Morgan fingerprint density at radius 2 is 0.875 bits per heavy atom. The average molecular weight is 713 g/mol. The molecule has 0 N–H and O–H groups in total. The maximum atomic E-state index is 2.42. The Labute approximate surface area is 325 Å². The first-order chi connectivity index (χ1) is 27.8. The van der Waals surface area contributed by atoms with Gasteiger partial charge in [-0.1, -0.05) is 152 Å². The number of hydrogen-bond acceptors (Lipinski definition) is 1. The van der Waals surface area contributed by atoms with Crippen LogP contribution in [-0.2, 0) is 0 Å². The summed E-state index contributed by atoms with van der Waals surface area (Å²) in [4.78, 5) is 2.33. The van der Waals surface area contributed by atoms with Gasteiger partial charge in [-0.3, -0.25) is 0 Å². The molecule has 11 rings (SSSR count). The number of para-hydroxylation sites is 2. The molecule has 2 heteroatoms. The van der Waals surface area contributed by atoms with Gasteiger partial charge in [0.2, 0.25) is 0 Å². The van der Waals surface area contributed by atoms with Crippen LogP contribution in [-0.4, -0.2) is 4.57 Å². The molecule has 1 heterocycles. The molecular weight excluding hydrogens is 677 g/mol. The van der Waals surface area contributed by atoms with Crippen LogP contribution in [0.4, 0.5) is 17.1 Å². The van der Waals surface area contributed by atoms with Crippen LogP contribution in [0.1, 0.15) is 0 Å². The SMILES string of the molecule is c1ccc(N(c2ccc(-c3ccc4ccc(-n5c6ccccc6c6c7ccccc7ccc65)cc4c3)cc2)c2ccc(-c3cccc4ccccc34)cc2)cc1. The van der Waals surface area contributed by atoms with Crippen LogP contribution in [0.5, 0.6) is 0 Å². The highest BCUT2D eigenvalue weighted by Crippen LogP contribution is 2.40. The first-order valence-corrected chi connectivity index (χ1v) is 19.3. The number of benzene rings is 10. The summed E-state index contributed by atoms with van der Waals surface area (Å²) in [5, 5.41) is 10.1. The first-order valence-electron chi connectivity index (χ1n) is 19.3. The molecule has 0 saturated carbocycles. The quantitative estimate of drug-likeness (QED) is 0.167. The Balaban J connectivity index is 0.958. The van der Waals surface area contributed by atoms with E-state index < -0.39 is 0 Å². The van der Waals surface area contributed by atoms with Gasteiger partial charge in [0.05, 0.1) is 11.0 Å². The van der Waals surface area contributed by atoms with Gasteiger partial charge in [-0.15, -0.1) is 0 Å². The van der Waals surface area contributed by atoms with E-state index in [1.54, 1.807) is 0 Å². The van der Waals surface area contributed by atoms with Crippen molar-refractivity contribution in [2.24, 2.45) is 0 Å². The summed E-state index contributed by atoms with van der Waals surface area (Å²) < 4.78 is 2.42. The van der Waals surface area contributed by atoms with Gasteiger partial charge in [0.25, 0.3) is 0 Å². The van der Waals surface area contributed by atoms with Gasteiger partial charge >= 0.3 is 0 Å². The number of anilines is 3. The monoisotopic (exact) mass is 712 g/mol. The first kappa shape index (κ1) is 32.0. The lowest BCUT2D eigenvalue weighted by atomic mass is 9.98. The topological polar surface area (TPSA) is 8.17 Å². The zero-order valence-corrected chi connectivity index (χ0v) is 30.7. The van der Waals surface area contributed by atoms with Crippen LogP contribution in [0.25, 0.3) is 82.1 Å². The Bertz CT molecular complexity index is 3220. The van der Waals surface area contributed by atoms with Crippen LogP contribution in [0.2, 0.25) is 0 Å². The van der Waals surface area contributed by atoms with Crippen LogP contribution in [0.15, 0.2) is 218 Å². The fourth-order valence-corrected chi connectivity index (χ4v) is 8.66. The van der Waals surface area contributed by atoms with E-state index in [9.17, 15) is 0 Å². The smallest absolute Gasteiger partial charge is 0.0547 e. The molecule has 0 bridgehead atoms. The van der Waals surface area contributed by atoms with Crippen LogP contribution < -0.4 is 4.90 Å². The van der Waals surface area contributed by atoms with Gasteiger partial charge < -0.3 is 9.47 Å². The van der Waals surface area contributed by atoms with Crippen LogP contribution in [0, 0.1) is 0 Å². The van der Waals surface area contributed by atoms with Crippen molar-refractivity contribution < 1.29 is 0 Å². The van der Waals surface area contributed by atoms with Gasteiger partial charge in [-0.05, 0) is 121 Å². The predicted molar refractivity (Wildman–Crippen MR) is 239 cm³/mol. The second kappa shape index (κ2) is 13.2. The minimum Gasteiger partial charge on any atom is -0.311 e.